The summed E-state index contributed by atoms with van der Waals surface area (Å²) in [6.07, 6.45) is 12.0. The zero-order chi connectivity index (χ0) is 16.8. The monoisotopic (exact) mass is 306 g/mol. The van der Waals surface area contributed by atoms with E-state index < -0.39 is 0 Å². The van der Waals surface area contributed by atoms with E-state index in [1.807, 2.05) is 6.92 Å². The van der Waals surface area contributed by atoms with Crippen molar-refractivity contribution in [2.75, 3.05) is 0 Å². The molecule has 0 aromatic rings. The molecule has 0 N–H and O–H groups in total. The second-order valence-corrected chi connectivity index (χ2v) is 7.90. The molecule has 0 amide bonds. The molecule has 0 atom stereocenters. The van der Waals surface area contributed by atoms with Gasteiger partial charge < -0.3 is 4.74 Å². The van der Waals surface area contributed by atoms with E-state index in [0.29, 0.717) is 0 Å². The van der Waals surface area contributed by atoms with E-state index in [2.05, 4.69) is 40.7 Å². The van der Waals surface area contributed by atoms with E-state index in [1.54, 1.807) is 6.08 Å². The van der Waals surface area contributed by atoms with Gasteiger partial charge in [0.2, 0.25) is 0 Å². The van der Waals surface area contributed by atoms with Gasteiger partial charge in [-0.3, -0.25) is 4.79 Å². The molecule has 126 valence electrons. The first-order valence-corrected chi connectivity index (χ1v) is 8.63. The summed E-state index contributed by atoms with van der Waals surface area (Å²) in [5.74, 6) is 0.823. The van der Waals surface area contributed by atoms with Crippen molar-refractivity contribution in [3.05, 3.63) is 23.3 Å². The molecule has 2 nitrogen and oxygen atoms in total. The van der Waals surface area contributed by atoms with E-state index in [9.17, 15) is 4.79 Å². The molecule has 3 rings (SSSR count). The maximum absolute atomic E-state index is 10.0. The minimum atomic E-state index is 0.158. The molecule has 2 heteroatoms. The van der Waals surface area contributed by atoms with Crippen molar-refractivity contribution in [3.8, 4) is 0 Å². The molecule has 0 radical (unpaired) electrons. The Hall–Kier alpha value is -0.890. The predicted octanol–water partition coefficient (Wildman–Crippen LogP) is 5.62. The molecule has 3 aliphatic rings. The fourth-order valence-corrected chi connectivity index (χ4v) is 3.53. The number of carbonyl (C=O) groups is 1. The Morgan fingerprint density at radius 3 is 2.09 bits per heavy atom. The number of fused-ring (bicyclic) bond motifs is 3. The predicted molar refractivity (Wildman–Crippen MR) is 94.0 cm³/mol. The zero-order valence-electron chi connectivity index (χ0n) is 15.4. The number of hydrogen-bond acceptors (Lipinski definition) is 2. The number of ether oxygens (including phenoxy) is 1. The summed E-state index contributed by atoms with van der Waals surface area (Å²) < 4.78 is 6.06. The largest absolute Gasteiger partial charge is 0.369 e. The molecule has 2 saturated heterocycles. The fourth-order valence-electron chi connectivity index (χ4n) is 3.53. The Bertz CT molecular complexity index is 414. The van der Waals surface area contributed by atoms with Crippen LogP contribution in [0.15, 0.2) is 23.3 Å². The van der Waals surface area contributed by atoms with Crippen LogP contribution in [0.3, 0.4) is 0 Å². The van der Waals surface area contributed by atoms with Gasteiger partial charge in [0, 0.05) is 0 Å². The number of aldehydes is 1. The topological polar surface area (TPSA) is 26.3 Å². The van der Waals surface area contributed by atoms with Gasteiger partial charge in [-0.05, 0) is 92.1 Å². The average molecular weight is 306 g/mol. The summed E-state index contributed by atoms with van der Waals surface area (Å²) in [5, 5.41) is 0. The van der Waals surface area contributed by atoms with Gasteiger partial charge in [-0.25, -0.2) is 0 Å². The third-order valence-corrected chi connectivity index (χ3v) is 4.98. The van der Waals surface area contributed by atoms with Gasteiger partial charge in [0.1, 0.15) is 6.29 Å². The van der Waals surface area contributed by atoms with E-state index in [1.165, 1.54) is 31.3 Å². The molecule has 3 fully saturated rings. The lowest BCUT2D eigenvalue weighted by atomic mass is 9.69. The highest BCUT2D eigenvalue weighted by molar-refractivity contribution is 5.65. The van der Waals surface area contributed by atoms with Crippen LogP contribution in [0, 0.1) is 5.92 Å². The van der Waals surface area contributed by atoms with Crippen molar-refractivity contribution >= 4 is 6.29 Å². The summed E-state index contributed by atoms with van der Waals surface area (Å²) in [7, 11) is 0. The molecule has 2 heterocycles. The maximum Gasteiger partial charge on any atom is 0.142 e. The van der Waals surface area contributed by atoms with Crippen LogP contribution < -0.4 is 0 Å². The Morgan fingerprint density at radius 2 is 1.73 bits per heavy atom. The van der Waals surface area contributed by atoms with Crippen LogP contribution in [0.4, 0.5) is 0 Å². The molecule has 0 aromatic carbocycles. The molecule has 2 aliphatic heterocycles. The second-order valence-electron chi connectivity index (χ2n) is 7.90. The van der Waals surface area contributed by atoms with Gasteiger partial charge in [0.25, 0.3) is 0 Å². The maximum atomic E-state index is 10.0. The van der Waals surface area contributed by atoms with E-state index >= 15 is 0 Å². The number of carbonyl (C=O) groups excluding carboxylic acids is 1. The third kappa shape index (κ3) is 6.08. The van der Waals surface area contributed by atoms with Crippen molar-refractivity contribution in [1.29, 1.82) is 0 Å². The molecule has 0 aromatic heterocycles. The van der Waals surface area contributed by atoms with Crippen LogP contribution in [0.1, 0.15) is 80.1 Å². The van der Waals surface area contributed by atoms with Gasteiger partial charge in [-0.2, -0.15) is 0 Å². The average Bonchev–Trinajstić information content (AvgIpc) is 2.37. The van der Waals surface area contributed by atoms with Crippen molar-refractivity contribution in [2.24, 2.45) is 5.92 Å². The van der Waals surface area contributed by atoms with Crippen LogP contribution in [-0.2, 0) is 9.53 Å². The Labute approximate surface area is 137 Å². The van der Waals surface area contributed by atoms with Gasteiger partial charge in [-0.1, -0.05) is 17.2 Å². The van der Waals surface area contributed by atoms with Gasteiger partial charge >= 0.3 is 0 Å². The SMILES string of the molecule is CC(C)=CCC/C(C)=C/C=O.CC12CCC(CC1)C(C)(C)O2. The Balaban J connectivity index is 0.000000220. The standard InChI is InChI=1S/C10H18O.C10H16O/c1-9(2)8-4-6-10(3,11-9)7-5-8;1-9(2)5-4-6-10(3)7-8-11/h8H,4-7H2,1-3H3;5,7-8H,4,6H2,1-3H3/b;10-7+. The van der Waals surface area contributed by atoms with Crippen molar-refractivity contribution in [2.45, 2.75) is 91.3 Å². The smallest absolute Gasteiger partial charge is 0.142 e. The molecular weight excluding hydrogens is 272 g/mol. The lowest BCUT2D eigenvalue weighted by molar-refractivity contribution is -0.229. The van der Waals surface area contributed by atoms with Crippen LogP contribution in [0.5, 0.6) is 0 Å². The van der Waals surface area contributed by atoms with Crippen LogP contribution in [0.25, 0.3) is 0 Å². The molecule has 22 heavy (non-hydrogen) atoms. The lowest BCUT2D eigenvalue weighted by Crippen LogP contribution is -2.53. The first-order chi connectivity index (χ1) is 10.2. The van der Waals surface area contributed by atoms with Crippen LogP contribution in [0.2, 0.25) is 0 Å². The Kier molecular flexibility index (Phi) is 7.05. The lowest BCUT2D eigenvalue weighted by Gasteiger charge is -2.54. The van der Waals surface area contributed by atoms with Crippen LogP contribution in [-0.4, -0.2) is 17.5 Å². The van der Waals surface area contributed by atoms with E-state index in [4.69, 9.17) is 4.74 Å². The summed E-state index contributed by atoms with van der Waals surface area (Å²) in [4.78, 5) is 10.0. The molecular formula is C20H34O2. The van der Waals surface area contributed by atoms with Crippen LogP contribution >= 0.6 is 0 Å². The summed E-state index contributed by atoms with van der Waals surface area (Å²) in [6.45, 7) is 12.9. The molecule has 1 aliphatic carbocycles. The summed E-state index contributed by atoms with van der Waals surface area (Å²) in [6, 6.07) is 0. The number of hydrogen-bond donors (Lipinski definition) is 0. The van der Waals surface area contributed by atoms with Crippen molar-refractivity contribution in [3.63, 3.8) is 0 Å². The molecule has 2 bridgehead atoms. The van der Waals surface area contributed by atoms with Crippen molar-refractivity contribution in [1.82, 2.24) is 0 Å². The summed E-state index contributed by atoms with van der Waals surface area (Å²) >= 11 is 0. The first kappa shape index (κ1) is 19.2. The quantitative estimate of drug-likeness (QED) is 0.382. The summed E-state index contributed by atoms with van der Waals surface area (Å²) in [5.41, 5.74) is 2.87. The number of allylic oxidation sites excluding steroid dienone is 4. The molecule has 0 spiro atoms. The first-order valence-electron chi connectivity index (χ1n) is 8.63. The zero-order valence-corrected chi connectivity index (χ0v) is 15.4. The van der Waals surface area contributed by atoms with Crippen molar-refractivity contribution < 1.29 is 9.53 Å². The highest BCUT2D eigenvalue weighted by Crippen LogP contribution is 2.49. The molecule has 0 unspecified atom stereocenters. The van der Waals surface area contributed by atoms with Gasteiger partial charge in [-0.15, -0.1) is 0 Å². The third-order valence-electron chi connectivity index (χ3n) is 4.98. The Morgan fingerprint density at radius 1 is 1.14 bits per heavy atom. The fraction of sp³-hybridized carbons (Fsp3) is 0.750. The van der Waals surface area contributed by atoms with Gasteiger partial charge in [0.05, 0.1) is 11.2 Å². The minimum absolute atomic E-state index is 0.158. The minimum Gasteiger partial charge on any atom is -0.369 e. The second kappa shape index (κ2) is 8.10. The van der Waals surface area contributed by atoms with E-state index in [-0.39, 0.29) is 11.2 Å². The van der Waals surface area contributed by atoms with E-state index in [0.717, 1.165) is 30.6 Å². The normalized spacial score (nSPS) is 29.4. The van der Waals surface area contributed by atoms with Gasteiger partial charge in [0.15, 0.2) is 0 Å². The highest BCUT2D eigenvalue weighted by Gasteiger charge is 2.47. The highest BCUT2D eigenvalue weighted by atomic mass is 16.5. The molecule has 1 saturated carbocycles. The number of rotatable bonds is 4.